The van der Waals surface area contributed by atoms with E-state index in [2.05, 4.69) is 12.2 Å². The van der Waals surface area contributed by atoms with Crippen molar-refractivity contribution in [2.75, 3.05) is 0 Å². The Morgan fingerprint density at radius 3 is 1.22 bits per heavy atom. The van der Waals surface area contributed by atoms with Gasteiger partial charge in [0.2, 0.25) is 23.6 Å². The summed E-state index contributed by atoms with van der Waals surface area (Å²) in [5.74, 6) is -1.11. The van der Waals surface area contributed by atoms with E-state index in [0.29, 0.717) is 0 Å². The predicted octanol–water partition coefficient (Wildman–Crippen LogP) is 2.92. The zero-order valence-corrected chi connectivity index (χ0v) is 18.5. The molecule has 2 aliphatic heterocycles. The maximum atomic E-state index is 13.6. The van der Waals surface area contributed by atoms with Gasteiger partial charge in [-0.05, 0) is 49.4 Å². The van der Waals surface area contributed by atoms with Crippen molar-refractivity contribution in [3.05, 3.63) is 12.2 Å². The van der Waals surface area contributed by atoms with Crippen LogP contribution in [0, 0.1) is 47.3 Å². The van der Waals surface area contributed by atoms with Crippen LogP contribution < -0.4 is 0 Å². The third-order valence-electron chi connectivity index (χ3n) is 10.3. The third kappa shape index (κ3) is 2.27. The van der Waals surface area contributed by atoms with E-state index in [1.54, 1.807) is 9.80 Å². The first-order valence-electron chi connectivity index (χ1n) is 13.0. The fourth-order valence-electron chi connectivity index (χ4n) is 9.05. The molecule has 4 amide bonds. The fourth-order valence-corrected chi connectivity index (χ4v) is 9.05. The zero-order valence-electron chi connectivity index (χ0n) is 18.5. The molecular weight excluding hydrogens is 404 g/mol. The lowest BCUT2D eigenvalue weighted by atomic mass is 9.40. The molecule has 8 rings (SSSR count). The van der Waals surface area contributed by atoms with Gasteiger partial charge in [0.25, 0.3) is 0 Å². The van der Waals surface area contributed by atoms with Crippen molar-refractivity contribution in [3.8, 4) is 0 Å². The molecular formula is C26H32N2O4. The first-order chi connectivity index (χ1) is 15.6. The average Bonchev–Trinajstić information content (AvgIpc) is 3.19. The second kappa shape index (κ2) is 6.77. The van der Waals surface area contributed by atoms with Crippen molar-refractivity contribution in [1.82, 2.24) is 9.80 Å². The molecule has 0 spiro atoms. The third-order valence-corrected chi connectivity index (χ3v) is 10.3. The molecule has 0 aromatic heterocycles. The van der Waals surface area contributed by atoms with Gasteiger partial charge < -0.3 is 0 Å². The van der Waals surface area contributed by atoms with Gasteiger partial charge in [-0.3, -0.25) is 29.0 Å². The number of fused-ring (bicyclic) bond motifs is 1. The van der Waals surface area contributed by atoms with Gasteiger partial charge in [-0.2, -0.15) is 0 Å². The Morgan fingerprint density at radius 1 is 0.500 bits per heavy atom. The topological polar surface area (TPSA) is 74.8 Å². The Bertz CT molecular complexity index is 874. The summed E-state index contributed by atoms with van der Waals surface area (Å²) in [6.07, 6.45) is 14.6. The van der Waals surface area contributed by atoms with Gasteiger partial charge in [-0.1, -0.05) is 50.7 Å². The van der Waals surface area contributed by atoms with E-state index in [1.807, 2.05) is 0 Å². The van der Waals surface area contributed by atoms with Crippen LogP contribution in [0.25, 0.3) is 0 Å². The molecule has 0 N–H and O–H groups in total. The van der Waals surface area contributed by atoms with Gasteiger partial charge in [-0.15, -0.1) is 0 Å². The van der Waals surface area contributed by atoms with E-state index in [0.717, 1.165) is 51.4 Å². The number of allylic oxidation sites excluding steroid dienone is 2. The molecule has 0 aromatic carbocycles. The van der Waals surface area contributed by atoms with Crippen LogP contribution in [0.2, 0.25) is 0 Å². The summed E-state index contributed by atoms with van der Waals surface area (Å²) in [5.41, 5.74) is 0. The normalized spacial score (nSPS) is 45.9. The minimum absolute atomic E-state index is 0.00839. The fraction of sp³-hybridized carbons (Fsp3) is 0.769. The Hall–Kier alpha value is -1.98. The number of amides is 4. The van der Waals surface area contributed by atoms with Crippen LogP contribution in [0.5, 0.6) is 0 Å². The average molecular weight is 437 g/mol. The molecule has 8 aliphatic rings. The SMILES string of the molecule is O=C1[C@@H]2[C@H]3C=C[C@@H]([C@@H]2C(=O)N1C1CCCCC1)[C@@H]1[C@@H]2C(=O)N(C4CCCCC4)C(=O)[C@@H]2[C@@H]31. The Morgan fingerprint density at radius 2 is 0.844 bits per heavy atom. The number of likely N-dealkylation sites (tertiary alicyclic amines) is 2. The molecule has 6 fully saturated rings. The highest BCUT2D eigenvalue weighted by atomic mass is 16.2. The lowest BCUT2D eigenvalue weighted by Gasteiger charge is -2.60. The number of hydrogen-bond acceptors (Lipinski definition) is 4. The van der Waals surface area contributed by atoms with Crippen molar-refractivity contribution in [1.29, 1.82) is 0 Å². The molecule has 2 bridgehead atoms. The number of carbonyl (C=O) groups excluding carboxylic acids is 4. The minimum atomic E-state index is -0.312. The van der Waals surface area contributed by atoms with Gasteiger partial charge >= 0.3 is 0 Å². The first-order valence-corrected chi connectivity index (χ1v) is 13.0. The van der Waals surface area contributed by atoms with Gasteiger partial charge in [0.15, 0.2) is 0 Å². The van der Waals surface area contributed by atoms with Crippen molar-refractivity contribution < 1.29 is 19.2 Å². The molecule has 6 nitrogen and oxygen atoms in total. The van der Waals surface area contributed by atoms with Gasteiger partial charge in [-0.25, -0.2) is 0 Å². The van der Waals surface area contributed by atoms with E-state index in [1.165, 1.54) is 12.8 Å². The van der Waals surface area contributed by atoms with Crippen molar-refractivity contribution >= 4 is 23.6 Å². The molecule has 4 saturated carbocycles. The van der Waals surface area contributed by atoms with E-state index in [-0.39, 0.29) is 83.1 Å². The molecule has 2 saturated heterocycles. The number of rotatable bonds is 2. The molecule has 0 radical (unpaired) electrons. The van der Waals surface area contributed by atoms with Gasteiger partial charge in [0, 0.05) is 12.1 Å². The number of carbonyl (C=O) groups is 4. The van der Waals surface area contributed by atoms with Crippen LogP contribution in [0.1, 0.15) is 64.2 Å². The Balaban J connectivity index is 1.20. The molecule has 32 heavy (non-hydrogen) atoms. The summed E-state index contributed by atoms with van der Waals surface area (Å²) in [7, 11) is 0. The van der Waals surface area contributed by atoms with E-state index in [9.17, 15) is 19.2 Å². The second-order valence-corrected chi connectivity index (χ2v) is 11.5. The maximum Gasteiger partial charge on any atom is 0.233 e. The molecule has 8 atom stereocenters. The summed E-state index contributed by atoms with van der Waals surface area (Å²) >= 11 is 0. The molecule has 6 aliphatic carbocycles. The molecule has 0 unspecified atom stereocenters. The van der Waals surface area contributed by atoms with Crippen LogP contribution in [0.15, 0.2) is 12.2 Å². The largest absolute Gasteiger partial charge is 0.279 e. The van der Waals surface area contributed by atoms with Crippen molar-refractivity contribution in [3.63, 3.8) is 0 Å². The number of hydrogen-bond donors (Lipinski definition) is 0. The van der Waals surface area contributed by atoms with Gasteiger partial charge in [0.05, 0.1) is 23.7 Å². The number of nitrogens with zero attached hydrogens (tertiary/aromatic N) is 2. The lowest BCUT2D eigenvalue weighted by Crippen LogP contribution is -2.63. The highest BCUT2D eigenvalue weighted by Crippen LogP contribution is 2.68. The number of imide groups is 2. The Kier molecular flexibility index (Phi) is 4.12. The summed E-state index contributed by atoms with van der Waals surface area (Å²) in [6.45, 7) is 0. The van der Waals surface area contributed by atoms with E-state index < -0.39 is 0 Å². The van der Waals surface area contributed by atoms with Gasteiger partial charge in [0.1, 0.15) is 0 Å². The molecule has 170 valence electrons. The van der Waals surface area contributed by atoms with Crippen molar-refractivity contribution in [2.45, 2.75) is 76.3 Å². The molecule has 0 aromatic rings. The zero-order chi connectivity index (χ0) is 21.7. The molecule has 2 heterocycles. The standard InChI is InChI=1S/C26H32N2O4/c29-23-19-15-11-12-16(20(19)24(30)27(23)13-7-3-1-4-8-13)18-17(15)21-22(18)26(32)28(25(21)31)14-9-5-2-6-10-14/h11-22H,1-10H2/t15-,16+,17-,18-,19+,20-,21+,22-/m0/s1. The molecule has 6 heteroatoms. The summed E-state index contributed by atoms with van der Waals surface area (Å²) < 4.78 is 0. The highest BCUT2D eigenvalue weighted by molar-refractivity contribution is 6.09. The Labute approximate surface area is 188 Å². The summed E-state index contributed by atoms with van der Waals surface area (Å²) in [4.78, 5) is 57.4. The van der Waals surface area contributed by atoms with E-state index >= 15 is 0 Å². The summed E-state index contributed by atoms with van der Waals surface area (Å²) in [6, 6.07) is 0.113. The summed E-state index contributed by atoms with van der Waals surface area (Å²) in [5, 5.41) is 0. The lowest BCUT2D eigenvalue weighted by molar-refractivity contribution is -0.166. The monoisotopic (exact) mass is 436 g/mol. The van der Waals surface area contributed by atoms with E-state index in [4.69, 9.17) is 0 Å². The van der Waals surface area contributed by atoms with Crippen molar-refractivity contribution in [2.24, 2.45) is 47.3 Å². The smallest absolute Gasteiger partial charge is 0.233 e. The van der Waals surface area contributed by atoms with Crippen LogP contribution in [0.4, 0.5) is 0 Å². The van der Waals surface area contributed by atoms with Crippen LogP contribution >= 0.6 is 0 Å². The maximum absolute atomic E-state index is 13.6. The quantitative estimate of drug-likeness (QED) is 0.493. The highest BCUT2D eigenvalue weighted by Gasteiger charge is 2.75. The minimum Gasteiger partial charge on any atom is -0.279 e. The second-order valence-electron chi connectivity index (χ2n) is 11.5. The first kappa shape index (κ1) is 19.5. The van der Waals surface area contributed by atoms with Crippen LogP contribution in [-0.2, 0) is 19.2 Å². The predicted molar refractivity (Wildman–Crippen MR) is 115 cm³/mol. The van der Waals surface area contributed by atoms with Crippen LogP contribution in [0.3, 0.4) is 0 Å². The van der Waals surface area contributed by atoms with Crippen LogP contribution in [-0.4, -0.2) is 45.5 Å².